The van der Waals surface area contributed by atoms with Gasteiger partial charge in [-0.05, 0) is 44.2 Å². The summed E-state index contributed by atoms with van der Waals surface area (Å²) in [6.07, 6.45) is 7.23. The number of hydrogen-bond donors (Lipinski definition) is 2. The van der Waals surface area contributed by atoms with Gasteiger partial charge in [-0.1, -0.05) is 0 Å². The van der Waals surface area contributed by atoms with Gasteiger partial charge < -0.3 is 15.8 Å². The topological polar surface area (TPSA) is 84.0 Å². The molecule has 0 saturated heterocycles. The highest BCUT2D eigenvalue weighted by Gasteiger charge is 2.18. The van der Waals surface area contributed by atoms with Gasteiger partial charge in [0.15, 0.2) is 5.69 Å². The molecule has 0 radical (unpaired) electrons. The van der Waals surface area contributed by atoms with Crippen LogP contribution < -0.4 is 11.1 Å². The Morgan fingerprint density at radius 2 is 2.20 bits per heavy atom. The summed E-state index contributed by atoms with van der Waals surface area (Å²) in [4.78, 5) is 4.01. The maximum atomic E-state index is 8.93. The highest BCUT2D eigenvalue weighted by molar-refractivity contribution is 5.53. The maximum Gasteiger partial charge on any atom is 0.163 e. The fourth-order valence-corrected chi connectivity index (χ4v) is 2.44. The lowest BCUT2D eigenvalue weighted by molar-refractivity contribution is 0.0251. The Morgan fingerprint density at radius 3 is 2.95 bits per heavy atom. The van der Waals surface area contributed by atoms with Gasteiger partial charge in [0.1, 0.15) is 6.07 Å². The smallest absolute Gasteiger partial charge is 0.163 e. The third-order valence-electron chi connectivity index (χ3n) is 3.62. The predicted molar refractivity (Wildman–Crippen MR) is 78.2 cm³/mol. The molecule has 0 amide bonds. The van der Waals surface area contributed by atoms with Crippen molar-refractivity contribution in [1.82, 2.24) is 4.98 Å². The molecule has 0 bridgehead atoms. The van der Waals surface area contributed by atoms with Gasteiger partial charge in [-0.15, -0.1) is 0 Å². The Bertz CT molecular complexity index is 449. The van der Waals surface area contributed by atoms with Gasteiger partial charge in [-0.3, -0.25) is 0 Å². The van der Waals surface area contributed by atoms with Crippen molar-refractivity contribution in [2.24, 2.45) is 5.73 Å². The third kappa shape index (κ3) is 4.48. The lowest BCUT2D eigenvalue weighted by Gasteiger charge is -2.26. The van der Waals surface area contributed by atoms with Crippen molar-refractivity contribution < 1.29 is 4.74 Å². The summed E-state index contributed by atoms with van der Waals surface area (Å²) in [6.45, 7) is 1.53. The molecule has 0 unspecified atom stereocenters. The molecule has 1 aliphatic carbocycles. The number of nitrogens with two attached hydrogens (primary N) is 1. The number of nitrogens with one attached hydrogen (secondary N) is 1. The number of rotatable bonds is 6. The van der Waals surface area contributed by atoms with Crippen LogP contribution in [0.15, 0.2) is 18.3 Å². The second-order valence-electron chi connectivity index (χ2n) is 5.20. The largest absolute Gasteiger partial charge is 0.383 e. The molecule has 1 aromatic heterocycles. The quantitative estimate of drug-likeness (QED) is 0.775. The first-order chi connectivity index (χ1) is 9.79. The van der Waals surface area contributed by atoms with Crippen LogP contribution in [0.2, 0.25) is 0 Å². The van der Waals surface area contributed by atoms with Crippen LogP contribution in [-0.4, -0.2) is 30.3 Å². The Labute approximate surface area is 120 Å². The van der Waals surface area contributed by atoms with Crippen molar-refractivity contribution in [3.05, 3.63) is 24.0 Å². The van der Waals surface area contributed by atoms with E-state index < -0.39 is 0 Å². The third-order valence-corrected chi connectivity index (χ3v) is 3.62. The maximum absolute atomic E-state index is 8.93. The number of nitrogens with zero attached hydrogens (tertiary/aromatic N) is 2. The Balaban J connectivity index is 1.61. The minimum absolute atomic E-state index is 0.367. The van der Waals surface area contributed by atoms with Gasteiger partial charge in [0.25, 0.3) is 0 Å². The van der Waals surface area contributed by atoms with E-state index in [1.807, 2.05) is 12.1 Å². The van der Waals surface area contributed by atoms with E-state index in [4.69, 9.17) is 15.7 Å². The van der Waals surface area contributed by atoms with Crippen LogP contribution in [0.5, 0.6) is 0 Å². The average molecular weight is 274 g/mol. The molecule has 0 spiro atoms. The lowest BCUT2D eigenvalue weighted by Crippen LogP contribution is -2.30. The van der Waals surface area contributed by atoms with Crippen LogP contribution in [-0.2, 0) is 4.74 Å². The van der Waals surface area contributed by atoms with E-state index in [0.29, 0.717) is 17.8 Å². The van der Waals surface area contributed by atoms with E-state index in [-0.39, 0.29) is 0 Å². The van der Waals surface area contributed by atoms with Crippen LogP contribution >= 0.6 is 0 Å². The summed E-state index contributed by atoms with van der Waals surface area (Å²) in [6, 6.07) is 6.14. The Morgan fingerprint density at radius 1 is 1.40 bits per heavy atom. The second-order valence-corrected chi connectivity index (χ2v) is 5.20. The molecule has 0 aromatic carbocycles. The van der Waals surface area contributed by atoms with Crippen LogP contribution in [0.25, 0.3) is 0 Å². The van der Waals surface area contributed by atoms with Crippen molar-refractivity contribution in [2.75, 3.05) is 18.5 Å². The predicted octanol–water partition coefficient (Wildman–Crippen LogP) is 2.04. The summed E-state index contributed by atoms with van der Waals surface area (Å²) in [7, 11) is 0. The molecular weight excluding hydrogens is 252 g/mol. The Hall–Kier alpha value is -1.64. The highest BCUT2D eigenvalue weighted by atomic mass is 16.5. The van der Waals surface area contributed by atoms with E-state index in [1.54, 1.807) is 6.20 Å². The SMILES string of the molecule is N#Cc1ncccc1NCCCOC1CCC(N)CC1. The molecule has 0 aliphatic heterocycles. The van der Waals surface area contributed by atoms with Crippen molar-refractivity contribution in [2.45, 2.75) is 44.2 Å². The van der Waals surface area contributed by atoms with Gasteiger partial charge in [0.2, 0.25) is 0 Å². The molecular formula is C15H22N4O. The molecule has 1 heterocycles. The van der Waals surface area contributed by atoms with Crippen LogP contribution in [0.1, 0.15) is 37.8 Å². The normalized spacial score (nSPS) is 22.2. The van der Waals surface area contributed by atoms with E-state index in [9.17, 15) is 0 Å². The van der Waals surface area contributed by atoms with Gasteiger partial charge in [-0.25, -0.2) is 4.98 Å². The molecule has 5 heteroatoms. The molecule has 0 atom stereocenters. The monoisotopic (exact) mass is 274 g/mol. The first-order valence-corrected chi connectivity index (χ1v) is 7.26. The van der Waals surface area contributed by atoms with Crippen molar-refractivity contribution in [3.8, 4) is 6.07 Å². The fraction of sp³-hybridized carbons (Fsp3) is 0.600. The molecule has 108 valence electrons. The second kappa shape index (κ2) is 7.83. The molecule has 5 nitrogen and oxygen atoms in total. The summed E-state index contributed by atoms with van der Waals surface area (Å²) in [5.74, 6) is 0. The number of anilines is 1. The zero-order valence-electron chi connectivity index (χ0n) is 11.7. The van der Waals surface area contributed by atoms with E-state index >= 15 is 0 Å². The van der Waals surface area contributed by atoms with Gasteiger partial charge >= 0.3 is 0 Å². The molecule has 2 rings (SSSR count). The number of nitriles is 1. The molecule has 1 fully saturated rings. The minimum atomic E-state index is 0.367. The standard InChI is InChI=1S/C15H22N4O/c16-11-15-14(3-1-8-19-15)18-9-2-10-20-13-6-4-12(17)5-7-13/h1,3,8,12-13,18H,2,4-7,9-10,17H2. The molecule has 20 heavy (non-hydrogen) atoms. The van der Waals surface area contributed by atoms with Gasteiger partial charge in [0.05, 0.1) is 11.8 Å². The first-order valence-electron chi connectivity index (χ1n) is 7.26. The number of hydrogen-bond acceptors (Lipinski definition) is 5. The van der Waals surface area contributed by atoms with Crippen LogP contribution in [0.4, 0.5) is 5.69 Å². The average Bonchev–Trinajstić information content (AvgIpc) is 2.49. The highest BCUT2D eigenvalue weighted by Crippen LogP contribution is 2.19. The zero-order valence-corrected chi connectivity index (χ0v) is 11.7. The molecule has 3 N–H and O–H groups in total. The Kier molecular flexibility index (Phi) is 5.78. The molecule has 1 aromatic rings. The van der Waals surface area contributed by atoms with Crippen molar-refractivity contribution in [3.63, 3.8) is 0 Å². The van der Waals surface area contributed by atoms with E-state index in [0.717, 1.165) is 50.9 Å². The zero-order chi connectivity index (χ0) is 14.2. The summed E-state index contributed by atoms with van der Waals surface area (Å²) >= 11 is 0. The van der Waals surface area contributed by atoms with Crippen LogP contribution in [0.3, 0.4) is 0 Å². The molecule has 1 aliphatic rings. The van der Waals surface area contributed by atoms with Gasteiger partial charge in [-0.2, -0.15) is 5.26 Å². The van der Waals surface area contributed by atoms with Crippen LogP contribution in [0, 0.1) is 11.3 Å². The summed E-state index contributed by atoms with van der Waals surface area (Å²) in [5, 5.41) is 12.1. The first kappa shape index (κ1) is 14.8. The number of ether oxygens (including phenoxy) is 1. The molecule has 1 saturated carbocycles. The van der Waals surface area contributed by atoms with E-state index in [2.05, 4.69) is 16.4 Å². The van der Waals surface area contributed by atoms with Crippen molar-refractivity contribution in [1.29, 1.82) is 5.26 Å². The number of aromatic nitrogens is 1. The summed E-state index contributed by atoms with van der Waals surface area (Å²) in [5.41, 5.74) is 7.10. The minimum Gasteiger partial charge on any atom is -0.383 e. The fourth-order valence-electron chi connectivity index (χ4n) is 2.44. The van der Waals surface area contributed by atoms with E-state index in [1.165, 1.54) is 0 Å². The number of pyridine rings is 1. The van der Waals surface area contributed by atoms with Gasteiger partial charge in [0, 0.05) is 25.4 Å². The van der Waals surface area contributed by atoms with Crippen molar-refractivity contribution >= 4 is 5.69 Å². The lowest BCUT2D eigenvalue weighted by atomic mass is 9.94. The summed E-state index contributed by atoms with van der Waals surface area (Å²) < 4.78 is 5.85.